The van der Waals surface area contributed by atoms with E-state index in [1.165, 1.54) is 0 Å². The van der Waals surface area contributed by atoms with Gasteiger partial charge in [0.25, 0.3) is 0 Å². The van der Waals surface area contributed by atoms with Gasteiger partial charge in [-0.15, -0.1) is 11.8 Å². The van der Waals surface area contributed by atoms with Crippen molar-refractivity contribution in [3.8, 4) is 5.75 Å². The Morgan fingerprint density at radius 1 is 1.16 bits per heavy atom. The molecule has 1 aliphatic heterocycles. The molecule has 2 aromatic carbocycles. The molecule has 1 fully saturated rings. The van der Waals surface area contributed by atoms with Crippen LogP contribution in [0.25, 0.3) is 10.9 Å². The predicted molar refractivity (Wildman–Crippen MR) is 143 cm³/mol. The van der Waals surface area contributed by atoms with Crippen molar-refractivity contribution < 1.29 is 28.1 Å². The Bertz CT molecular complexity index is 1230. The average Bonchev–Trinajstić information content (AvgIpc) is 2.92. The molecule has 206 valence electrons. The number of piperidine rings is 1. The number of thioether (sulfide) groups is 1. The lowest BCUT2D eigenvalue weighted by molar-refractivity contribution is 0.0253. The fourth-order valence-electron chi connectivity index (χ4n) is 5.19. The van der Waals surface area contributed by atoms with Crippen LogP contribution in [0.5, 0.6) is 5.75 Å². The minimum Gasteiger partial charge on any atom is -0.497 e. The van der Waals surface area contributed by atoms with Gasteiger partial charge in [-0.3, -0.25) is 4.98 Å². The van der Waals surface area contributed by atoms with Crippen LogP contribution in [0.1, 0.15) is 42.9 Å². The summed E-state index contributed by atoms with van der Waals surface area (Å²) in [7, 11) is 1.59. The molecule has 0 spiro atoms. The molecule has 4 N–H and O–H groups in total. The van der Waals surface area contributed by atoms with E-state index in [1.807, 2.05) is 18.2 Å². The number of fused-ring (bicyclic) bond motifs is 1. The number of pyridine rings is 1. The van der Waals surface area contributed by atoms with Crippen LogP contribution in [0.4, 0.5) is 13.2 Å². The molecule has 0 bridgehead atoms. The maximum atomic E-state index is 13.9. The normalized spacial score (nSPS) is 16.6. The molecule has 10 heteroatoms. The van der Waals surface area contributed by atoms with Gasteiger partial charge in [-0.25, -0.2) is 13.2 Å². The van der Waals surface area contributed by atoms with Crippen molar-refractivity contribution in [3.05, 3.63) is 65.1 Å². The zero-order chi connectivity index (χ0) is 27.3. The molecule has 0 unspecified atom stereocenters. The third-order valence-electron chi connectivity index (χ3n) is 7.57. The summed E-state index contributed by atoms with van der Waals surface area (Å²) >= 11 is 1.04. The van der Waals surface area contributed by atoms with Gasteiger partial charge in [0.2, 0.25) is 0 Å². The van der Waals surface area contributed by atoms with Crippen LogP contribution >= 0.6 is 11.8 Å². The maximum Gasteiger partial charge on any atom is 0.142 e. The Morgan fingerprint density at radius 2 is 1.87 bits per heavy atom. The molecule has 0 aliphatic carbocycles. The van der Waals surface area contributed by atoms with E-state index < -0.39 is 23.6 Å². The quantitative estimate of drug-likeness (QED) is 0.296. The van der Waals surface area contributed by atoms with Crippen LogP contribution in [0.15, 0.2) is 41.4 Å². The molecule has 4 rings (SSSR count). The second kappa shape index (κ2) is 12.7. The van der Waals surface area contributed by atoms with Gasteiger partial charge in [0.1, 0.15) is 23.2 Å². The molecule has 1 saturated heterocycles. The molecule has 0 amide bonds. The summed E-state index contributed by atoms with van der Waals surface area (Å²) in [6.45, 7) is 2.35. The number of ether oxygens (including phenoxy) is 1. The molecule has 0 saturated carbocycles. The zero-order valence-corrected chi connectivity index (χ0v) is 22.2. The zero-order valence-electron chi connectivity index (χ0n) is 21.4. The highest BCUT2D eigenvalue weighted by Crippen LogP contribution is 2.40. The highest BCUT2D eigenvalue weighted by atomic mass is 32.2. The lowest BCUT2D eigenvalue weighted by atomic mass is 9.74. The summed E-state index contributed by atoms with van der Waals surface area (Å²) in [6, 6.07) is 6.93. The molecular formula is C28H34F3N3O3S. The van der Waals surface area contributed by atoms with Crippen LogP contribution in [-0.4, -0.2) is 59.2 Å². The minimum absolute atomic E-state index is 0.0168. The molecule has 0 radical (unpaired) electrons. The van der Waals surface area contributed by atoms with E-state index in [2.05, 4.69) is 9.88 Å². The second-order valence-electron chi connectivity index (χ2n) is 9.89. The highest BCUT2D eigenvalue weighted by molar-refractivity contribution is 7.99. The number of halogens is 3. The van der Waals surface area contributed by atoms with Gasteiger partial charge in [0.05, 0.1) is 23.6 Å². The van der Waals surface area contributed by atoms with Crippen LogP contribution in [0.3, 0.4) is 0 Å². The van der Waals surface area contributed by atoms with Crippen molar-refractivity contribution in [3.63, 3.8) is 0 Å². The number of aliphatic hydroxyl groups is 2. The molecule has 6 nitrogen and oxygen atoms in total. The predicted octanol–water partition coefficient (Wildman–Crippen LogP) is 4.80. The molecule has 3 aromatic rings. The van der Waals surface area contributed by atoms with Crippen molar-refractivity contribution in [2.24, 2.45) is 11.1 Å². The van der Waals surface area contributed by atoms with E-state index >= 15 is 0 Å². The standard InChI is InChI=1S/C28H34F3N3O3S/c1-37-20-2-3-24-21(14-20)26(18(15-32)16-33-24)25(36)4-5-28(17-35)6-8-34(9-7-28)10-11-38-27-22(30)12-19(29)13-23(27)31/h2-3,12-14,16,25,35-36H,4-11,15,17,32H2,1H3/t25-/m0/s1. The number of hydrogen-bond acceptors (Lipinski definition) is 7. The summed E-state index contributed by atoms with van der Waals surface area (Å²) in [6.07, 6.45) is 3.52. The number of aromatic nitrogens is 1. The number of aliphatic hydroxyl groups excluding tert-OH is 2. The van der Waals surface area contributed by atoms with Gasteiger partial charge in [-0.1, -0.05) is 0 Å². The third-order valence-corrected chi connectivity index (χ3v) is 8.64. The van der Waals surface area contributed by atoms with Gasteiger partial charge < -0.3 is 25.6 Å². The Labute approximate surface area is 225 Å². The summed E-state index contributed by atoms with van der Waals surface area (Å²) in [5.41, 5.74) is 7.93. The van der Waals surface area contributed by atoms with Crippen molar-refractivity contribution in [1.29, 1.82) is 0 Å². The van der Waals surface area contributed by atoms with Gasteiger partial charge >= 0.3 is 0 Å². The van der Waals surface area contributed by atoms with Crippen LogP contribution in [0, 0.1) is 22.9 Å². The molecule has 1 aliphatic rings. The lowest BCUT2D eigenvalue weighted by Crippen LogP contribution is -2.43. The topological polar surface area (TPSA) is 91.8 Å². The smallest absolute Gasteiger partial charge is 0.142 e. The van der Waals surface area contributed by atoms with Gasteiger partial charge in [0, 0.05) is 49.2 Å². The Balaban J connectivity index is 1.35. The number of nitrogens with two attached hydrogens (primary N) is 1. The number of rotatable bonds is 11. The third kappa shape index (κ3) is 6.43. The first kappa shape index (κ1) is 28.6. The summed E-state index contributed by atoms with van der Waals surface area (Å²) in [5, 5.41) is 22.4. The number of hydrogen-bond donors (Lipinski definition) is 3. The van der Waals surface area contributed by atoms with Crippen molar-refractivity contribution >= 4 is 22.7 Å². The van der Waals surface area contributed by atoms with Crippen LogP contribution < -0.4 is 10.5 Å². The van der Waals surface area contributed by atoms with E-state index in [0.29, 0.717) is 43.0 Å². The molecule has 1 aromatic heterocycles. The molecule has 1 atom stereocenters. The first-order valence-electron chi connectivity index (χ1n) is 12.7. The molecule has 2 heterocycles. The average molecular weight is 550 g/mol. The Kier molecular flexibility index (Phi) is 9.54. The Hall–Kier alpha value is -2.37. The number of benzene rings is 2. The summed E-state index contributed by atoms with van der Waals surface area (Å²) in [5.74, 6) is -1.57. The number of likely N-dealkylation sites (tertiary alicyclic amines) is 1. The Morgan fingerprint density at radius 3 is 2.50 bits per heavy atom. The van der Waals surface area contributed by atoms with E-state index in [0.717, 1.165) is 59.7 Å². The van der Waals surface area contributed by atoms with Crippen LogP contribution in [0.2, 0.25) is 0 Å². The van der Waals surface area contributed by atoms with Crippen LogP contribution in [-0.2, 0) is 6.54 Å². The van der Waals surface area contributed by atoms with E-state index in [4.69, 9.17) is 10.5 Å². The maximum absolute atomic E-state index is 13.9. The number of nitrogens with zero attached hydrogens (tertiary/aromatic N) is 2. The van der Waals surface area contributed by atoms with Crippen molar-refractivity contribution in [1.82, 2.24) is 9.88 Å². The van der Waals surface area contributed by atoms with E-state index in [1.54, 1.807) is 13.3 Å². The fourth-order valence-corrected chi connectivity index (χ4v) is 6.13. The SMILES string of the molecule is COc1ccc2ncc(CN)c([C@@H](O)CCC3(CO)CCN(CCSc4c(F)cc(F)cc4F)CC3)c2c1. The van der Waals surface area contributed by atoms with Gasteiger partial charge in [0.15, 0.2) is 0 Å². The monoisotopic (exact) mass is 549 g/mol. The van der Waals surface area contributed by atoms with Crippen molar-refractivity contribution in [2.75, 3.05) is 39.1 Å². The summed E-state index contributed by atoms with van der Waals surface area (Å²) in [4.78, 5) is 6.50. The minimum atomic E-state index is -0.929. The van der Waals surface area contributed by atoms with Crippen molar-refractivity contribution in [2.45, 2.75) is 43.2 Å². The lowest BCUT2D eigenvalue weighted by Gasteiger charge is -2.41. The number of methoxy groups -OCH3 is 1. The van der Waals surface area contributed by atoms with E-state index in [-0.39, 0.29) is 23.5 Å². The molecular weight excluding hydrogens is 515 g/mol. The fraction of sp³-hybridized carbons (Fsp3) is 0.464. The first-order valence-corrected chi connectivity index (χ1v) is 13.7. The first-order chi connectivity index (χ1) is 18.3. The summed E-state index contributed by atoms with van der Waals surface area (Å²) < 4.78 is 46.3. The van der Waals surface area contributed by atoms with E-state index in [9.17, 15) is 23.4 Å². The second-order valence-corrected chi connectivity index (χ2v) is 11.0. The van der Waals surface area contributed by atoms with Gasteiger partial charge in [-0.05, 0) is 73.5 Å². The largest absolute Gasteiger partial charge is 0.497 e. The highest BCUT2D eigenvalue weighted by Gasteiger charge is 2.34. The molecule has 38 heavy (non-hydrogen) atoms. The van der Waals surface area contributed by atoms with Gasteiger partial charge in [-0.2, -0.15) is 0 Å².